The number of nitrogens with zero attached hydrogens (tertiary/aromatic N) is 4. The molecule has 0 fully saturated rings. The fourth-order valence-corrected chi connectivity index (χ4v) is 7.95. The lowest BCUT2D eigenvalue weighted by molar-refractivity contribution is 0.669. The third-order valence-electron chi connectivity index (χ3n) is 9.14. The van der Waals surface area contributed by atoms with E-state index in [1.807, 2.05) is 60.7 Å². The van der Waals surface area contributed by atoms with Gasteiger partial charge in [0.05, 0.1) is 32.9 Å². The van der Waals surface area contributed by atoms with E-state index in [4.69, 9.17) is 24.4 Å². The highest BCUT2D eigenvalue weighted by molar-refractivity contribution is 7.26. The first-order valence-corrected chi connectivity index (χ1v) is 17.3. The van der Waals surface area contributed by atoms with Gasteiger partial charge in [-0.2, -0.15) is 0 Å². The van der Waals surface area contributed by atoms with Gasteiger partial charge in [0.2, 0.25) is 0 Å². The third-order valence-corrected chi connectivity index (χ3v) is 10.3. The molecule has 234 valence electrons. The minimum Gasteiger partial charge on any atom is -0.455 e. The number of aromatic nitrogens is 4. The molecular formula is C44H26N4OS. The molecule has 0 aliphatic rings. The molecule has 0 unspecified atom stereocenters. The Morgan fingerprint density at radius 1 is 0.460 bits per heavy atom. The van der Waals surface area contributed by atoms with Crippen LogP contribution in [0.3, 0.4) is 0 Å². The zero-order valence-electron chi connectivity index (χ0n) is 26.6. The Morgan fingerprint density at radius 3 is 1.76 bits per heavy atom. The van der Waals surface area contributed by atoms with Crippen LogP contribution >= 0.6 is 11.3 Å². The average Bonchev–Trinajstić information content (AvgIpc) is 3.77. The molecule has 0 amide bonds. The van der Waals surface area contributed by atoms with Crippen molar-refractivity contribution in [2.45, 2.75) is 0 Å². The summed E-state index contributed by atoms with van der Waals surface area (Å²) in [6.45, 7) is 0. The highest BCUT2D eigenvalue weighted by Crippen LogP contribution is 2.43. The molecule has 0 aliphatic heterocycles. The minimum atomic E-state index is 0.602. The van der Waals surface area contributed by atoms with E-state index in [-0.39, 0.29) is 0 Å². The maximum absolute atomic E-state index is 6.72. The predicted octanol–water partition coefficient (Wildman–Crippen LogP) is 11.9. The molecule has 0 saturated carbocycles. The number of hydrogen-bond donors (Lipinski definition) is 0. The number of fused-ring (bicyclic) bond motifs is 6. The van der Waals surface area contributed by atoms with E-state index in [0.29, 0.717) is 11.6 Å². The summed E-state index contributed by atoms with van der Waals surface area (Å²) in [5, 5.41) is 3.05. The van der Waals surface area contributed by atoms with Crippen LogP contribution in [0.1, 0.15) is 0 Å². The SMILES string of the molecule is c1ccc(-c2cc(-c3ccccc3)nc(-c3cccc4c3oc3cccc(-c5nc(-c6ccccc6)c6sc7ccccc7c6n5)c34)n2)cc1. The van der Waals surface area contributed by atoms with Crippen molar-refractivity contribution in [3.63, 3.8) is 0 Å². The Hall–Kier alpha value is -6.50. The molecule has 0 saturated heterocycles. The van der Waals surface area contributed by atoms with E-state index >= 15 is 0 Å². The molecule has 10 rings (SSSR count). The van der Waals surface area contributed by atoms with Crippen LogP contribution in [0.4, 0.5) is 0 Å². The summed E-state index contributed by atoms with van der Waals surface area (Å²) >= 11 is 1.74. The Morgan fingerprint density at radius 2 is 1.04 bits per heavy atom. The molecule has 0 atom stereocenters. The smallest absolute Gasteiger partial charge is 0.164 e. The summed E-state index contributed by atoms with van der Waals surface area (Å²) in [5.74, 6) is 1.26. The maximum atomic E-state index is 6.72. The van der Waals surface area contributed by atoms with Gasteiger partial charge in [-0.3, -0.25) is 0 Å². The first-order chi connectivity index (χ1) is 24.8. The second-order valence-electron chi connectivity index (χ2n) is 12.2. The third kappa shape index (κ3) is 4.69. The highest BCUT2D eigenvalue weighted by atomic mass is 32.1. The van der Waals surface area contributed by atoms with Gasteiger partial charge in [0.25, 0.3) is 0 Å². The summed E-state index contributed by atoms with van der Waals surface area (Å²) in [7, 11) is 0. The summed E-state index contributed by atoms with van der Waals surface area (Å²) in [6.07, 6.45) is 0. The van der Waals surface area contributed by atoms with Crippen LogP contribution in [0.2, 0.25) is 0 Å². The molecule has 50 heavy (non-hydrogen) atoms. The topological polar surface area (TPSA) is 64.7 Å². The molecule has 0 N–H and O–H groups in total. The lowest BCUT2D eigenvalue weighted by Gasteiger charge is -2.10. The number of benzene rings is 6. The molecule has 10 aromatic rings. The first-order valence-electron chi connectivity index (χ1n) is 16.5. The molecular weight excluding hydrogens is 633 g/mol. The normalized spacial score (nSPS) is 11.6. The van der Waals surface area contributed by atoms with Gasteiger partial charge in [-0.1, -0.05) is 133 Å². The largest absolute Gasteiger partial charge is 0.455 e. The van der Waals surface area contributed by atoms with Crippen molar-refractivity contribution in [1.82, 2.24) is 19.9 Å². The van der Waals surface area contributed by atoms with E-state index in [2.05, 4.69) is 97.1 Å². The van der Waals surface area contributed by atoms with Gasteiger partial charge in [0, 0.05) is 43.1 Å². The van der Waals surface area contributed by atoms with Gasteiger partial charge >= 0.3 is 0 Å². The molecule has 0 radical (unpaired) electrons. The lowest BCUT2D eigenvalue weighted by atomic mass is 10.0. The number of furan rings is 1. The number of hydrogen-bond acceptors (Lipinski definition) is 6. The molecule has 5 nitrogen and oxygen atoms in total. The van der Waals surface area contributed by atoms with Crippen molar-refractivity contribution in [3.05, 3.63) is 158 Å². The van der Waals surface area contributed by atoms with Gasteiger partial charge in [-0.25, -0.2) is 19.9 Å². The lowest BCUT2D eigenvalue weighted by Crippen LogP contribution is -1.96. The predicted molar refractivity (Wildman–Crippen MR) is 205 cm³/mol. The van der Waals surface area contributed by atoms with Gasteiger partial charge < -0.3 is 4.42 Å². The fraction of sp³-hybridized carbons (Fsp3) is 0. The summed E-state index contributed by atoms with van der Waals surface area (Å²) in [4.78, 5) is 20.8. The number of rotatable bonds is 5. The van der Waals surface area contributed by atoms with Crippen molar-refractivity contribution in [2.24, 2.45) is 0 Å². The molecule has 0 bridgehead atoms. The molecule has 4 heterocycles. The van der Waals surface area contributed by atoms with Crippen LogP contribution in [0, 0.1) is 0 Å². The molecule has 0 aliphatic carbocycles. The quantitative estimate of drug-likeness (QED) is 0.184. The van der Waals surface area contributed by atoms with E-state index < -0.39 is 0 Å². The van der Waals surface area contributed by atoms with Crippen LogP contribution in [-0.4, -0.2) is 19.9 Å². The maximum Gasteiger partial charge on any atom is 0.164 e. The van der Waals surface area contributed by atoms with Crippen molar-refractivity contribution in [1.29, 1.82) is 0 Å². The van der Waals surface area contributed by atoms with Crippen molar-refractivity contribution in [2.75, 3.05) is 0 Å². The monoisotopic (exact) mass is 658 g/mol. The van der Waals surface area contributed by atoms with Crippen LogP contribution in [0.25, 0.3) is 98.8 Å². The van der Waals surface area contributed by atoms with E-state index in [1.165, 1.54) is 4.70 Å². The van der Waals surface area contributed by atoms with Crippen molar-refractivity contribution in [3.8, 4) is 56.5 Å². The van der Waals surface area contributed by atoms with Gasteiger partial charge in [-0.15, -0.1) is 11.3 Å². The number of thiophene rings is 1. The van der Waals surface area contributed by atoms with Crippen molar-refractivity contribution >= 4 is 53.6 Å². The van der Waals surface area contributed by atoms with E-state index in [9.17, 15) is 0 Å². The summed E-state index contributed by atoms with van der Waals surface area (Å²) in [5.41, 5.74) is 9.91. The van der Waals surface area contributed by atoms with Gasteiger partial charge in [0.1, 0.15) is 11.2 Å². The molecule has 6 aromatic carbocycles. The standard InChI is InChI=1S/C44H26N4OS/c1-4-14-27(15-5-1)34-26-35(28-16-6-2-7-17-28)46-44(45-34)33-23-12-21-31-38-32(22-13-24-36(38)49-41(31)33)43-47-39(29-18-8-3-9-19-29)42-40(48-43)30-20-10-11-25-37(30)50-42/h1-26H. The summed E-state index contributed by atoms with van der Waals surface area (Å²) < 4.78 is 8.99. The first kappa shape index (κ1) is 28.5. The highest BCUT2D eigenvalue weighted by Gasteiger charge is 2.22. The zero-order valence-corrected chi connectivity index (χ0v) is 27.4. The average molecular weight is 659 g/mol. The fourth-order valence-electron chi connectivity index (χ4n) is 6.79. The Balaban J connectivity index is 1.21. The molecule has 6 heteroatoms. The van der Waals surface area contributed by atoms with Crippen LogP contribution < -0.4 is 0 Å². The second kappa shape index (κ2) is 11.6. The zero-order chi connectivity index (χ0) is 33.0. The molecule has 4 aromatic heterocycles. The number of para-hydroxylation sites is 1. The second-order valence-corrected chi connectivity index (χ2v) is 13.2. The van der Waals surface area contributed by atoms with Crippen LogP contribution in [0.15, 0.2) is 162 Å². The minimum absolute atomic E-state index is 0.602. The van der Waals surface area contributed by atoms with E-state index in [1.54, 1.807) is 11.3 Å². The summed E-state index contributed by atoms with van der Waals surface area (Å²) in [6, 6.07) is 53.6. The van der Waals surface area contributed by atoms with E-state index in [0.717, 1.165) is 82.4 Å². The van der Waals surface area contributed by atoms with Crippen LogP contribution in [0.5, 0.6) is 0 Å². The molecule has 0 spiro atoms. The van der Waals surface area contributed by atoms with Crippen molar-refractivity contribution < 1.29 is 4.42 Å². The Labute approximate surface area is 291 Å². The Bertz CT molecular complexity index is 2810. The van der Waals surface area contributed by atoms with Gasteiger partial charge in [0.15, 0.2) is 11.6 Å². The Kier molecular flexibility index (Phi) is 6.60. The van der Waals surface area contributed by atoms with Gasteiger partial charge in [-0.05, 0) is 24.3 Å². The van der Waals surface area contributed by atoms with Crippen LogP contribution in [-0.2, 0) is 0 Å².